The lowest BCUT2D eigenvalue weighted by atomic mass is 9.97. The SMILES string of the molecule is O=c1c(-c2ccccc2C(F)(F)F)coc2ccc3cc4c(cc3c12)OCCO4. The highest BCUT2D eigenvalue weighted by Crippen LogP contribution is 2.39. The average molecular weight is 398 g/mol. The zero-order valence-electron chi connectivity index (χ0n) is 14.9. The Balaban J connectivity index is 1.83. The molecule has 4 nitrogen and oxygen atoms in total. The van der Waals surface area contributed by atoms with Gasteiger partial charge in [-0.05, 0) is 29.7 Å². The largest absolute Gasteiger partial charge is 0.486 e. The molecule has 1 aromatic heterocycles. The minimum Gasteiger partial charge on any atom is -0.486 e. The minimum atomic E-state index is -4.60. The lowest BCUT2D eigenvalue weighted by Gasteiger charge is -2.19. The molecule has 7 heteroatoms. The Hall–Kier alpha value is -3.48. The Morgan fingerprint density at radius 2 is 1.59 bits per heavy atom. The molecule has 146 valence electrons. The summed E-state index contributed by atoms with van der Waals surface area (Å²) >= 11 is 0. The molecule has 1 aliphatic rings. The third kappa shape index (κ3) is 2.81. The normalized spacial score (nSPS) is 13.8. The van der Waals surface area contributed by atoms with E-state index in [1.54, 1.807) is 24.3 Å². The molecule has 4 aromatic rings. The first-order valence-electron chi connectivity index (χ1n) is 8.88. The van der Waals surface area contributed by atoms with Crippen LogP contribution in [0.1, 0.15) is 5.56 Å². The maximum atomic E-state index is 13.5. The number of fused-ring (bicyclic) bond motifs is 4. The van der Waals surface area contributed by atoms with Crippen LogP contribution in [-0.4, -0.2) is 13.2 Å². The lowest BCUT2D eigenvalue weighted by molar-refractivity contribution is -0.137. The van der Waals surface area contributed by atoms with Crippen molar-refractivity contribution in [3.05, 3.63) is 70.6 Å². The van der Waals surface area contributed by atoms with Crippen molar-refractivity contribution in [2.24, 2.45) is 0 Å². The topological polar surface area (TPSA) is 48.7 Å². The summed E-state index contributed by atoms with van der Waals surface area (Å²) in [6.45, 7) is 0.800. The van der Waals surface area contributed by atoms with Crippen LogP contribution < -0.4 is 14.9 Å². The zero-order valence-corrected chi connectivity index (χ0v) is 14.9. The van der Waals surface area contributed by atoms with Crippen molar-refractivity contribution in [2.75, 3.05) is 13.2 Å². The maximum absolute atomic E-state index is 13.5. The van der Waals surface area contributed by atoms with Gasteiger partial charge >= 0.3 is 6.18 Å². The van der Waals surface area contributed by atoms with E-state index in [9.17, 15) is 18.0 Å². The molecule has 0 saturated heterocycles. The second-order valence-electron chi connectivity index (χ2n) is 6.68. The summed E-state index contributed by atoms with van der Waals surface area (Å²) in [5, 5.41) is 1.44. The molecule has 0 radical (unpaired) electrons. The van der Waals surface area contributed by atoms with Gasteiger partial charge in [0.05, 0.1) is 16.5 Å². The summed E-state index contributed by atoms with van der Waals surface area (Å²) in [5.41, 5.74) is -1.50. The Bertz CT molecular complexity index is 1320. The number of hydrogen-bond acceptors (Lipinski definition) is 4. The number of hydrogen-bond donors (Lipinski definition) is 0. The zero-order chi connectivity index (χ0) is 20.2. The molecule has 0 amide bonds. The van der Waals surface area contributed by atoms with Crippen LogP contribution >= 0.6 is 0 Å². The van der Waals surface area contributed by atoms with Gasteiger partial charge in [0.25, 0.3) is 0 Å². The van der Waals surface area contributed by atoms with Crippen molar-refractivity contribution in [3.8, 4) is 22.6 Å². The van der Waals surface area contributed by atoms with Crippen LogP contribution in [0.15, 0.2) is 64.0 Å². The first kappa shape index (κ1) is 17.6. The van der Waals surface area contributed by atoms with Gasteiger partial charge in [-0.2, -0.15) is 13.2 Å². The van der Waals surface area contributed by atoms with Gasteiger partial charge in [-0.15, -0.1) is 0 Å². The molecule has 1 aliphatic heterocycles. The summed E-state index contributed by atoms with van der Waals surface area (Å²) in [7, 11) is 0. The van der Waals surface area contributed by atoms with E-state index in [2.05, 4.69) is 0 Å². The summed E-state index contributed by atoms with van der Waals surface area (Å²) < 4.78 is 57.1. The monoisotopic (exact) mass is 398 g/mol. The molecule has 0 bridgehead atoms. The quantitative estimate of drug-likeness (QED) is 0.403. The van der Waals surface area contributed by atoms with Gasteiger partial charge < -0.3 is 13.9 Å². The molecular formula is C22H13F3O4. The molecule has 29 heavy (non-hydrogen) atoms. The first-order chi connectivity index (χ1) is 13.9. The van der Waals surface area contributed by atoms with Gasteiger partial charge in [0.1, 0.15) is 25.1 Å². The van der Waals surface area contributed by atoms with Gasteiger partial charge in [-0.3, -0.25) is 4.79 Å². The number of rotatable bonds is 1. The lowest BCUT2D eigenvalue weighted by Crippen LogP contribution is -2.15. The Morgan fingerprint density at radius 3 is 2.34 bits per heavy atom. The molecule has 0 fully saturated rings. The summed E-state index contributed by atoms with van der Waals surface area (Å²) in [5.74, 6) is 1.04. The van der Waals surface area contributed by atoms with Gasteiger partial charge in [0, 0.05) is 10.9 Å². The molecule has 0 atom stereocenters. The molecule has 0 aliphatic carbocycles. The van der Waals surface area contributed by atoms with Crippen molar-refractivity contribution in [1.29, 1.82) is 0 Å². The molecule has 0 N–H and O–H groups in total. The highest BCUT2D eigenvalue weighted by molar-refractivity contribution is 6.07. The molecule has 2 heterocycles. The number of benzene rings is 3. The third-order valence-electron chi connectivity index (χ3n) is 4.94. The molecule has 3 aromatic carbocycles. The standard InChI is InChI=1S/C22H13F3O4/c23-22(24,25)16-4-2-1-3-13(16)15-11-29-17-6-5-12-9-18-19(28-8-7-27-18)10-14(12)20(17)21(15)26/h1-6,9-11H,7-8H2. The molecular weight excluding hydrogens is 385 g/mol. The van der Waals surface area contributed by atoms with Gasteiger partial charge in [0.15, 0.2) is 11.5 Å². The van der Waals surface area contributed by atoms with E-state index in [1.165, 1.54) is 18.2 Å². The van der Waals surface area contributed by atoms with Crippen LogP contribution in [0.2, 0.25) is 0 Å². The van der Waals surface area contributed by atoms with E-state index in [4.69, 9.17) is 13.9 Å². The van der Waals surface area contributed by atoms with E-state index in [1.807, 2.05) is 0 Å². The van der Waals surface area contributed by atoms with Crippen LogP contribution in [0.4, 0.5) is 13.2 Å². The smallest absolute Gasteiger partial charge is 0.417 e. The number of alkyl halides is 3. The minimum absolute atomic E-state index is 0.146. The predicted octanol–water partition coefficient (Wildman–Crippen LogP) is 5.40. The van der Waals surface area contributed by atoms with E-state index < -0.39 is 17.2 Å². The van der Waals surface area contributed by atoms with Crippen LogP contribution in [0.3, 0.4) is 0 Å². The molecule has 5 rings (SSSR count). The van der Waals surface area contributed by atoms with Gasteiger partial charge in [-0.25, -0.2) is 0 Å². The fourth-order valence-corrected chi connectivity index (χ4v) is 3.63. The Kier molecular flexibility index (Phi) is 3.81. The summed E-state index contributed by atoms with van der Waals surface area (Å²) in [6, 6.07) is 11.8. The highest BCUT2D eigenvalue weighted by atomic mass is 19.4. The Morgan fingerprint density at radius 1 is 0.862 bits per heavy atom. The summed E-state index contributed by atoms with van der Waals surface area (Å²) in [4.78, 5) is 13.3. The molecule has 0 saturated carbocycles. The first-order valence-corrected chi connectivity index (χ1v) is 8.88. The van der Waals surface area contributed by atoms with Gasteiger partial charge in [0.2, 0.25) is 5.43 Å². The van der Waals surface area contributed by atoms with Crippen molar-refractivity contribution >= 4 is 21.7 Å². The van der Waals surface area contributed by atoms with Crippen LogP contribution in [-0.2, 0) is 6.18 Å². The second kappa shape index (κ2) is 6.27. The molecule has 0 spiro atoms. The van der Waals surface area contributed by atoms with Crippen molar-refractivity contribution < 1.29 is 27.1 Å². The highest BCUT2D eigenvalue weighted by Gasteiger charge is 2.34. The van der Waals surface area contributed by atoms with E-state index in [0.29, 0.717) is 35.5 Å². The number of halogens is 3. The maximum Gasteiger partial charge on any atom is 0.417 e. The van der Waals surface area contributed by atoms with Crippen LogP contribution in [0, 0.1) is 0 Å². The fourth-order valence-electron chi connectivity index (χ4n) is 3.63. The summed E-state index contributed by atoms with van der Waals surface area (Å²) in [6.07, 6.45) is -3.51. The van der Waals surface area contributed by atoms with E-state index >= 15 is 0 Å². The third-order valence-corrected chi connectivity index (χ3v) is 4.94. The van der Waals surface area contributed by atoms with Crippen molar-refractivity contribution in [1.82, 2.24) is 0 Å². The predicted molar refractivity (Wildman–Crippen MR) is 101 cm³/mol. The Labute approximate surface area is 162 Å². The van der Waals surface area contributed by atoms with Crippen LogP contribution in [0.5, 0.6) is 11.5 Å². The molecule has 0 unspecified atom stereocenters. The van der Waals surface area contributed by atoms with Crippen molar-refractivity contribution in [2.45, 2.75) is 6.18 Å². The fraction of sp³-hybridized carbons (Fsp3) is 0.136. The number of ether oxygens (including phenoxy) is 2. The van der Waals surface area contributed by atoms with Crippen molar-refractivity contribution in [3.63, 3.8) is 0 Å². The second-order valence-corrected chi connectivity index (χ2v) is 6.68. The van der Waals surface area contributed by atoms with E-state index in [-0.39, 0.29) is 22.1 Å². The average Bonchev–Trinajstić information content (AvgIpc) is 2.71. The van der Waals surface area contributed by atoms with E-state index in [0.717, 1.165) is 12.3 Å². The van der Waals surface area contributed by atoms with Crippen LogP contribution in [0.25, 0.3) is 32.9 Å². The van der Waals surface area contributed by atoms with Gasteiger partial charge in [-0.1, -0.05) is 24.3 Å².